The van der Waals surface area contributed by atoms with Gasteiger partial charge in [-0.25, -0.2) is 13.2 Å². The molecule has 106 valence electrons. The zero-order chi connectivity index (χ0) is 14.8. The third-order valence-corrected chi connectivity index (χ3v) is 3.94. The minimum atomic E-state index is -3.85. The number of nitrogens with one attached hydrogen (secondary N) is 2. The van der Waals surface area contributed by atoms with Crippen LogP contribution in [0.25, 0.3) is 0 Å². The summed E-state index contributed by atoms with van der Waals surface area (Å²) in [6.07, 6.45) is 2.75. The number of rotatable bonds is 5. The minimum absolute atomic E-state index is 0.0108. The van der Waals surface area contributed by atoms with Crippen molar-refractivity contribution in [2.75, 3.05) is 11.8 Å². The Morgan fingerprint density at radius 1 is 1.35 bits per heavy atom. The van der Waals surface area contributed by atoms with Gasteiger partial charge in [-0.2, -0.15) is 0 Å². The molecule has 0 saturated heterocycles. The maximum Gasteiger partial charge on any atom is 0.337 e. The number of carboxylic acids is 1. The van der Waals surface area contributed by atoms with Crippen LogP contribution in [0, 0.1) is 0 Å². The first kappa shape index (κ1) is 13.9. The number of sulfonamides is 1. The van der Waals surface area contributed by atoms with Crippen LogP contribution < -0.4 is 9.46 Å². The molecule has 0 amide bonds. The number of methoxy groups -OCH3 is 1. The molecule has 0 fully saturated rings. The standard InChI is InChI=1S/C12H12N2O5S/c1-19-8-2-3-10(12(15)16)11(6-8)14-20(17,18)9-4-5-13-7-9/h2-7,13-14H,1H3,(H,15,16). The summed E-state index contributed by atoms with van der Waals surface area (Å²) in [5.74, 6) is -0.888. The van der Waals surface area contributed by atoms with Gasteiger partial charge in [0, 0.05) is 18.5 Å². The molecule has 3 N–H and O–H groups in total. The molecule has 2 aromatic rings. The Morgan fingerprint density at radius 2 is 2.10 bits per heavy atom. The lowest BCUT2D eigenvalue weighted by molar-refractivity contribution is 0.0698. The van der Waals surface area contributed by atoms with Crippen LogP contribution in [0.4, 0.5) is 5.69 Å². The number of H-pyrrole nitrogens is 1. The van der Waals surface area contributed by atoms with E-state index in [1.165, 1.54) is 43.8 Å². The van der Waals surface area contributed by atoms with E-state index in [4.69, 9.17) is 9.84 Å². The number of carboxylic acid groups (broad SMARTS) is 1. The van der Waals surface area contributed by atoms with Gasteiger partial charge in [0.05, 0.1) is 18.4 Å². The molecule has 0 atom stereocenters. The zero-order valence-corrected chi connectivity index (χ0v) is 11.3. The van der Waals surface area contributed by atoms with Crippen molar-refractivity contribution in [2.45, 2.75) is 4.90 Å². The van der Waals surface area contributed by atoms with Crippen LogP contribution in [-0.4, -0.2) is 31.6 Å². The van der Waals surface area contributed by atoms with Crippen LogP contribution in [0.2, 0.25) is 0 Å². The number of hydrogen-bond donors (Lipinski definition) is 3. The lowest BCUT2D eigenvalue weighted by Crippen LogP contribution is -2.15. The Bertz CT molecular complexity index is 722. The largest absolute Gasteiger partial charge is 0.497 e. The first-order chi connectivity index (χ1) is 9.44. The molecule has 20 heavy (non-hydrogen) atoms. The van der Waals surface area contributed by atoms with Crippen molar-refractivity contribution in [3.05, 3.63) is 42.2 Å². The third-order valence-electron chi connectivity index (χ3n) is 2.58. The highest BCUT2D eigenvalue weighted by Gasteiger charge is 2.19. The van der Waals surface area contributed by atoms with E-state index in [9.17, 15) is 13.2 Å². The summed E-state index contributed by atoms with van der Waals surface area (Å²) in [4.78, 5) is 13.7. The van der Waals surface area contributed by atoms with Gasteiger partial charge in [0.15, 0.2) is 0 Å². The number of ether oxygens (including phenoxy) is 1. The highest BCUT2D eigenvalue weighted by Crippen LogP contribution is 2.25. The molecule has 0 aliphatic rings. The van der Waals surface area contributed by atoms with E-state index in [1.807, 2.05) is 0 Å². The fourth-order valence-electron chi connectivity index (χ4n) is 1.60. The SMILES string of the molecule is COc1ccc(C(=O)O)c(NS(=O)(=O)c2cc[nH]c2)c1. The van der Waals surface area contributed by atoms with Crippen molar-refractivity contribution in [1.29, 1.82) is 0 Å². The molecule has 0 saturated carbocycles. The first-order valence-corrected chi connectivity index (χ1v) is 6.99. The molecular weight excluding hydrogens is 284 g/mol. The molecule has 2 rings (SSSR count). The Kier molecular flexibility index (Phi) is 3.66. The second-order valence-corrected chi connectivity index (χ2v) is 5.55. The van der Waals surface area contributed by atoms with Gasteiger partial charge < -0.3 is 14.8 Å². The van der Waals surface area contributed by atoms with E-state index in [0.717, 1.165) is 0 Å². The van der Waals surface area contributed by atoms with Gasteiger partial charge in [-0.1, -0.05) is 0 Å². The van der Waals surface area contributed by atoms with Crippen molar-refractivity contribution >= 4 is 21.7 Å². The number of anilines is 1. The van der Waals surface area contributed by atoms with Crippen molar-refractivity contribution in [3.63, 3.8) is 0 Å². The predicted molar refractivity (Wildman–Crippen MR) is 71.6 cm³/mol. The van der Waals surface area contributed by atoms with Crippen molar-refractivity contribution in [2.24, 2.45) is 0 Å². The summed E-state index contributed by atoms with van der Waals surface area (Å²) in [5.41, 5.74) is -0.219. The smallest absolute Gasteiger partial charge is 0.337 e. The maximum absolute atomic E-state index is 12.1. The molecule has 1 aromatic heterocycles. The summed E-state index contributed by atoms with van der Waals surface area (Å²) in [7, 11) is -2.45. The normalized spacial score (nSPS) is 11.1. The quantitative estimate of drug-likeness (QED) is 0.775. The summed E-state index contributed by atoms with van der Waals surface area (Å²) in [5, 5.41) is 9.07. The Balaban J connectivity index is 2.44. The molecule has 0 spiro atoms. The van der Waals surface area contributed by atoms with Crippen LogP contribution in [-0.2, 0) is 10.0 Å². The zero-order valence-electron chi connectivity index (χ0n) is 10.5. The van der Waals surface area contributed by atoms with E-state index in [-0.39, 0.29) is 16.1 Å². The summed E-state index contributed by atoms with van der Waals surface area (Å²) in [6, 6.07) is 5.39. The summed E-state index contributed by atoms with van der Waals surface area (Å²) >= 11 is 0. The highest BCUT2D eigenvalue weighted by atomic mass is 32.2. The summed E-state index contributed by atoms with van der Waals surface area (Å²) < 4.78 is 31.3. The topological polar surface area (TPSA) is 108 Å². The second-order valence-electron chi connectivity index (χ2n) is 3.87. The lowest BCUT2D eigenvalue weighted by Gasteiger charge is -2.11. The fraction of sp³-hybridized carbons (Fsp3) is 0.0833. The Morgan fingerprint density at radius 3 is 2.65 bits per heavy atom. The number of aromatic nitrogens is 1. The van der Waals surface area contributed by atoms with E-state index in [2.05, 4.69) is 9.71 Å². The van der Waals surface area contributed by atoms with E-state index in [1.54, 1.807) is 0 Å². The molecule has 0 radical (unpaired) electrons. The van der Waals surface area contributed by atoms with E-state index < -0.39 is 16.0 Å². The van der Waals surface area contributed by atoms with Crippen LogP contribution in [0.3, 0.4) is 0 Å². The van der Waals surface area contributed by atoms with Crippen LogP contribution in [0.15, 0.2) is 41.6 Å². The van der Waals surface area contributed by atoms with Gasteiger partial charge in [0.1, 0.15) is 10.6 Å². The molecule has 0 aliphatic heterocycles. The Labute approximate surface area is 115 Å². The van der Waals surface area contributed by atoms with Gasteiger partial charge in [0.25, 0.3) is 10.0 Å². The van der Waals surface area contributed by atoms with E-state index in [0.29, 0.717) is 5.75 Å². The molecule has 0 bridgehead atoms. The van der Waals surface area contributed by atoms with Crippen LogP contribution >= 0.6 is 0 Å². The van der Waals surface area contributed by atoms with Crippen molar-refractivity contribution in [1.82, 2.24) is 4.98 Å². The molecule has 0 aliphatic carbocycles. The third kappa shape index (κ3) is 2.75. The van der Waals surface area contributed by atoms with Gasteiger partial charge >= 0.3 is 5.97 Å². The maximum atomic E-state index is 12.1. The van der Waals surface area contributed by atoms with Gasteiger partial charge in [-0.15, -0.1) is 0 Å². The van der Waals surface area contributed by atoms with Gasteiger partial charge in [0.2, 0.25) is 0 Å². The monoisotopic (exact) mass is 296 g/mol. The molecule has 7 nitrogen and oxygen atoms in total. The number of carbonyl (C=O) groups is 1. The first-order valence-electron chi connectivity index (χ1n) is 5.51. The van der Waals surface area contributed by atoms with Gasteiger partial charge in [-0.05, 0) is 18.2 Å². The lowest BCUT2D eigenvalue weighted by atomic mass is 10.2. The Hall–Kier alpha value is -2.48. The van der Waals surface area contributed by atoms with Crippen LogP contribution in [0.1, 0.15) is 10.4 Å². The molecule has 1 heterocycles. The van der Waals surface area contributed by atoms with Gasteiger partial charge in [-0.3, -0.25) is 4.72 Å². The van der Waals surface area contributed by atoms with Crippen molar-refractivity contribution in [3.8, 4) is 5.75 Å². The highest BCUT2D eigenvalue weighted by molar-refractivity contribution is 7.92. The molecular formula is C12H12N2O5S. The number of aromatic amines is 1. The molecule has 0 unspecified atom stereocenters. The number of hydrogen-bond acceptors (Lipinski definition) is 4. The van der Waals surface area contributed by atoms with E-state index >= 15 is 0 Å². The molecule has 8 heteroatoms. The fourth-order valence-corrected chi connectivity index (χ4v) is 2.65. The summed E-state index contributed by atoms with van der Waals surface area (Å²) in [6.45, 7) is 0. The predicted octanol–water partition coefficient (Wildman–Crippen LogP) is 1.52. The second kappa shape index (κ2) is 5.25. The minimum Gasteiger partial charge on any atom is -0.497 e. The average molecular weight is 296 g/mol. The molecule has 1 aromatic carbocycles. The average Bonchev–Trinajstić information content (AvgIpc) is 2.92. The number of aromatic carboxylic acids is 1. The van der Waals surface area contributed by atoms with Crippen LogP contribution in [0.5, 0.6) is 5.75 Å². The van der Waals surface area contributed by atoms with Crippen molar-refractivity contribution < 1.29 is 23.1 Å². The number of benzene rings is 1.